The molecule has 0 fully saturated rings. The van der Waals surface area contributed by atoms with Crippen molar-refractivity contribution < 1.29 is 13.2 Å². The third kappa shape index (κ3) is 1.36. The summed E-state index contributed by atoms with van der Waals surface area (Å²) in [6.45, 7) is 1.77. The normalized spacial score (nSPS) is 12.3. The topological polar surface area (TPSA) is 15.8 Å². The molecule has 0 spiro atoms. The van der Waals surface area contributed by atoms with Crippen molar-refractivity contribution >= 4 is 10.9 Å². The highest BCUT2D eigenvalue weighted by Crippen LogP contribution is 2.34. The average molecular weight is 199 g/mol. The second-order valence-corrected chi connectivity index (χ2v) is 3.25. The summed E-state index contributed by atoms with van der Waals surface area (Å²) in [7, 11) is 0. The number of nitrogens with one attached hydrogen (secondary N) is 1. The van der Waals surface area contributed by atoms with Crippen molar-refractivity contribution in [2.75, 3.05) is 0 Å². The average Bonchev–Trinajstić information content (AvgIpc) is 2.45. The molecule has 0 aliphatic heterocycles. The van der Waals surface area contributed by atoms with Gasteiger partial charge in [-0.25, -0.2) is 0 Å². The molecule has 1 N–H and O–H groups in total. The minimum atomic E-state index is -4.29. The van der Waals surface area contributed by atoms with Crippen molar-refractivity contribution in [3.05, 3.63) is 35.5 Å². The van der Waals surface area contributed by atoms with Crippen LogP contribution < -0.4 is 0 Å². The third-order valence-corrected chi connectivity index (χ3v) is 2.14. The molecule has 0 bridgehead atoms. The number of alkyl halides is 3. The number of hydrogen-bond acceptors (Lipinski definition) is 0. The Hall–Kier alpha value is -1.45. The standard InChI is InChI=1S/C10H8F3N/c1-6-2-3-9-7(4-6)8(5-14-9)10(11,12)13/h2-5,14H,1H3. The molecule has 14 heavy (non-hydrogen) atoms. The summed E-state index contributed by atoms with van der Waals surface area (Å²) in [4.78, 5) is 2.60. The SMILES string of the molecule is Cc1ccc2[nH]cc(C(F)(F)F)c2c1. The van der Waals surface area contributed by atoms with Crippen molar-refractivity contribution in [2.45, 2.75) is 13.1 Å². The van der Waals surface area contributed by atoms with Gasteiger partial charge in [0.15, 0.2) is 0 Å². The zero-order chi connectivity index (χ0) is 10.3. The van der Waals surface area contributed by atoms with Gasteiger partial charge in [0, 0.05) is 17.1 Å². The molecule has 0 saturated heterocycles. The van der Waals surface area contributed by atoms with E-state index in [0.717, 1.165) is 11.8 Å². The van der Waals surface area contributed by atoms with Crippen LogP contribution in [0.3, 0.4) is 0 Å². The summed E-state index contributed by atoms with van der Waals surface area (Å²) >= 11 is 0. The highest BCUT2D eigenvalue weighted by atomic mass is 19.4. The van der Waals surface area contributed by atoms with E-state index in [1.807, 2.05) is 0 Å². The summed E-state index contributed by atoms with van der Waals surface area (Å²) < 4.78 is 37.4. The highest BCUT2D eigenvalue weighted by molar-refractivity contribution is 5.84. The zero-order valence-electron chi connectivity index (χ0n) is 7.44. The molecular weight excluding hydrogens is 191 g/mol. The van der Waals surface area contributed by atoms with Crippen LogP contribution >= 0.6 is 0 Å². The molecule has 1 nitrogen and oxygen atoms in total. The fourth-order valence-corrected chi connectivity index (χ4v) is 1.47. The fraction of sp³-hybridized carbons (Fsp3) is 0.200. The van der Waals surface area contributed by atoms with E-state index in [4.69, 9.17) is 0 Å². The Morgan fingerprint density at radius 3 is 2.57 bits per heavy atom. The second kappa shape index (κ2) is 2.77. The monoisotopic (exact) mass is 199 g/mol. The number of benzene rings is 1. The molecule has 2 aromatic rings. The van der Waals surface area contributed by atoms with Crippen molar-refractivity contribution in [3.8, 4) is 0 Å². The highest BCUT2D eigenvalue weighted by Gasteiger charge is 2.33. The van der Waals surface area contributed by atoms with E-state index in [1.54, 1.807) is 19.1 Å². The first-order chi connectivity index (χ1) is 6.48. The lowest BCUT2D eigenvalue weighted by Crippen LogP contribution is -2.03. The second-order valence-electron chi connectivity index (χ2n) is 3.25. The number of aromatic nitrogens is 1. The van der Waals surface area contributed by atoms with Crippen LogP contribution in [0.15, 0.2) is 24.4 Å². The maximum Gasteiger partial charge on any atom is 0.418 e. The lowest BCUT2D eigenvalue weighted by atomic mass is 10.1. The molecule has 1 aromatic heterocycles. The Kier molecular flexibility index (Phi) is 1.80. The van der Waals surface area contributed by atoms with Gasteiger partial charge in [0.25, 0.3) is 0 Å². The summed E-state index contributed by atoms with van der Waals surface area (Å²) in [5, 5.41) is 0.234. The molecule has 2 rings (SSSR count). The van der Waals surface area contributed by atoms with Crippen molar-refractivity contribution in [3.63, 3.8) is 0 Å². The summed E-state index contributed by atoms with van der Waals surface area (Å²) in [5.74, 6) is 0. The first-order valence-electron chi connectivity index (χ1n) is 4.13. The zero-order valence-corrected chi connectivity index (χ0v) is 7.44. The minimum absolute atomic E-state index is 0.234. The van der Waals surface area contributed by atoms with E-state index in [-0.39, 0.29) is 5.39 Å². The summed E-state index contributed by atoms with van der Waals surface area (Å²) in [6, 6.07) is 4.97. The molecule has 0 aliphatic rings. The van der Waals surface area contributed by atoms with Gasteiger partial charge in [-0.3, -0.25) is 0 Å². The van der Waals surface area contributed by atoms with Crippen molar-refractivity contribution in [1.29, 1.82) is 0 Å². The van der Waals surface area contributed by atoms with E-state index in [9.17, 15) is 13.2 Å². The van der Waals surface area contributed by atoms with E-state index in [1.165, 1.54) is 6.07 Å². The van der Waals surface area contributed by atoms with Crippen LogP contribution in [-0.2, 0) is 6.18 Å². The van der Waals surface area contributed by atoms with E-state index in [2.05, 4.69) is 4.98 Å². The van der Waals surface area contributed by atoms with Crippen LogP contribution in [0.2, 0.25) is 0 Å². The largest absolute Gasteiger partial charge is 0.418 e. The van der Waals surface area contributed by atoms with Gasteiger partial charge < -0.3 is 4.98 Å². The first-order valence-corrected chi connectivity index (χ1v) is 4.13. The maximum absolute atomic E-state index is 12.5. The lowest BCUT2D eigenvalue weighted by Gasteiger charge is -2.04. The van der Waals surface area contributed by atoms with Gasteiger partial charge in [0.1, 0.15) is 0 Å². The number of fused-ring (bicyclic) bond motifs is 1. The molecule has 4 heteroatoms. The predicted molar refractivity (Wildman–Crippen MR) is 48.0 cm³/mol. The van der Waals surface area contributed by atoms with Crippen LogP contribution in [0.4, 0.5) is 13.2 Å². The molecule has 0 unspecified atom stereocenters. The molecule has 0 atom stereocenters. The molecule has 74 valence electrons. The van der Waals surface area contributed by atoms with Gasteiger partial charge in [-0.15, -0.1) is 0 Å². The molecule has 0 aliphatic carbocycles. The Morgan fingerprint density at radius 2 is 1.93 bits per heavy atom. The van der Waals surface area contributed by atoms with Crippen molar-refractivity contribution in [2.24, 2.45) is 0 Å². The lowest BCUT2D eigenvalue weighted by molar-refractivity contribution is -0.136. The summed E-state index contributed by atoms with van der Waals surface area (Å²) in [5.41, 5.74) is 0.738. The molecular formula is C10H8F3N. The maximum atomic E-state index is 12.5. The van der Waals surface area contributed by atoms with Gasteiger partial charge in [-0.1, -0.05) is 11.6 Å². The Bertz CT molecular complexity index is 468. The number of halogens is 3. The molecule has 0 saturated carbocycles. The van der Waals surface area contributed by atoms with E-state index < -0.39 is 11.7 Å². The van der Waals surface area contributed by atoms with Gasteiger partial charge in [-0.05, 0) is 19.1 Å². The summed E-state index contributed by atoms with van der Waals surface area (Å²) in [6.07, 6.45) is -3.28. The van der Waals surface area contributed by atoms with Crippen LogP contribution in [0.5, 0.6) is 0 Å². The van der Waals surface area contributed by atoms with Crippen LogP contribution in [-0.4, -0.2) is 4.98 Å². The van der Waals surface area contributed by atoms with Crippen LogP contribution in [0.1, 0.15) is 11.1 Å². The Morgan fingerprint density at radius 1 is 1.21 bits per heavy atom. The predicted octanol–water partition coefficient (Wildman–Crippen LogP) is 3.50. The number of rotatable bonds is 0. The number of hydrogen-bond donors (Lipinski definition) is 1. The van der Waals surface area contributed by atoms with Gasteiger partial charge in [-0.2, -0.15) is 13.2 Å². The Labute approximate surface area is 78.5 Å². The molecule has 1 aromatic carbocycles. The fourth-order valence-electron chi connectivity index (χ4n) is 1.47. The minimum Gasteiger partial charge on any atom is -0.361 e. The Balaban J connectivity index is 2.73. The van der Waals surface area contributed by atoms with Crippen LogP contribution in [0.25, 0.3) is 10.9 Å². The molecule has 0 amide bonds. The van der Waals surface area contributed by atoms with Gasteiger partial charge in [0.05, 0.1) is 5.56 Å². The smallest absolute Gasteiger partial charge is 0.361 e. The first kappa shape index (κ1) is 9.12. The molecule has 1 heterocycles. The van der Waals surface area contributed by atoms with Crippen molar-refractivity contribution in [1.82, 2.24) is 4.98 Å². The number of H-pyrrole nitrogens is 1. The quantitative estimate of drug-likeness (QED) is 0.668. The number of aryl methyl sites for hydroxylation is 1. The molecule has 0 radical (unpaired) electrons. The van der Waals surface area contributed by atoms with Gasteiger partial charge >= 0.3 is 6.18 Å². The van der Waals surface area contributed by atoms with E-state index in [0.29, 0.717) is 5.52 Å². The van der Waals surface area contributed by atoms with Crippen LogP contribution in [0, 0.1) is 6.92 Å². The third-order valence-electron chi connectivity index (χ3n) is 2.14. The van der Waals surface area contributed by atoms with E-state index >= 15 is 0 Å². The number of aromatic amines is 1. The van der Waals surface area contributed by atoms with Gasteiger partial charge in [0.2, 0.25) is 0 Å².